The Morgan fingerprint density at radius 1 is 0.921 bits per heavy atom. The van der Waals surface area contributed by atoms with E-state index < -0.39 is 0 Å². The summed E-state index contributed by atoms with van der Waals surface area (Å²) in [5.74, 6) is -0.319. The molecule has 1 amide bonds. The first-order valence-corrected chi connectivity index (χ1v) is 13.5. The zero-order chi connectivity index (χ0) is 26.5. The van der Waals surface area contributed by atoms with Crippen molar-refractivity contribution in [1.29, 1.82) is 0 Å². The predicted molar refractivity (Wildman–Crippen MR) is 154 cm³/mol. The maximum atomic E-state index is 13.6. The van der Waals surface area contributed by atoms with Crippen LogP contribution in [-0.4, -0.2) is 21.2 Å². The molecule has 5 rings (SSSR count). The lowest BCUT2D eigenvalue weighted by Crippen LogP contribution is -2.15. The number of nitrogens with one attached hydrogen (secondary N) is 1. The third-order valence-electron chi connectivity index (χ3n) is 6.01. The van der Waals surface area contributed by atoms with Crippen molar-refractivity contribution >= 4 is 35.0 Å². The van der Waals surface area contributed by atoms with Crippen molar-refractivity contribution in [3.05, 3.63) is 125 Å². The van der Waals surface area contributed by atoms with Crippen molar-refractivity contribution in [2.75, 3.05) is 11.1 Å². The van der Waals surface area contributed by atoms with E-state index in [1.54, 1.807) is 18.2 Å². The van der Waals surface area contributed by atoms with Gasteiger partial charge in [-0.1, -0.05) is 102 Å². The lowest BCUT2D eigenvalue weighted by Gasteiger charge is -2.14. The number of halogens is 2. The summed E-state index contributed by atoms with van der Waals surface area (Å²) in [4.78, 5) is 17.9. The molecule has 0 saturated heterocycles. The van der Waals surface area contributed by atoms with Crippen LogP contribution in [0.2, 0.25) is 5.02 Å². The number of imidazole rings is 1. The summed E-state index contributed by atoms with van der Waals surface area (Å²) in [5.41, 5.74) is 6.26. The number of nitrogens with zero attached hydrogens (tertiary/aromatic N) is 2. The van der Waals surface area contributed by atoms with E-state index in [9.17, 15) is 9.18 Å². The van der Waals surface area contributed by atoms with Gasteiger partial charge in [-0.05, 0) is 42.3 Å². The summed E-state index contributed by atoms with van der Waals surface area (Å²) in [6.45, 7) is 2.42. The average molecular weight is 542 g/mol. The molecule has 0 aliphatic heterocycles. The summed E-state index contributed by atoms with van der Waals surface area (Å²) >= 11 is 7.67. The highest BCUT2D eigenvalue weighted by Gasteiger charge is 2.21. The van der Waals surface area contributed by atoms with Crippen LogP contribution >= 0.6 is 23.4 Å². The van der Waals surface area contributed by atoms with Gasteiger partial charge >= 0.3 is 0 Å². The highest BCUT2D eigenvalue weighted by molar-refractivity contribution is 7.99. The standard InChI is InChI=1S/C31H25ClFN3OS/c1-21-12-17-27(26(32)18-21)34-28(37)20-38-31-35-29(23-8-4-2-5-9-23)30(24-10-6-3-7-11-24)36(31)19-22-13-15-25(33)16-14-22/h2-18H,19-20H2,1H3,(H,34,37). The van der Waals surface area contributed by atoms with Gasteiger partial charge in [0.15, 0.2) is 5.16 Å². The molecule has 190 valence electrons. The van der Waals surface area contributed by atoms with Gasteiger partial charge in [0.2, 0.25) is 5.91 Å². The van der Waals surface area contributed by atoms with Crippen LogP contribution < -0.4 is 5.32 Å². The maximum absolute atomic E-state index is 13.6. The van der Waals surface area contributed by atoms with E-state index in [2.05, 4.69) is 9.88 Å². The molecule has 0 bridgehead atoms. The van der Waals surface area contributed by atoms with E-state index in [0.29, 0.717) is 22.4 Å². The fourth-order valence-electron chi connectivity index (χ4n) is 4.19. The van der Waals surface area contributed by atoms with Gasteiger partial charge in [-0.25, -0.2) is 9.37 Å². The van der Waals surface area contributed by atoms with Gasteiger partial charge in [0.05, 0.1) is 34.4 Å². The third kappa shape index (κ3) is 5.98. The van der Waals surface area contributed by atoms with Crippen LogP contribution in [0.25, 0.3) is 22.5 Å². The van der Waals surface area contributed by atoms with Crippen molar-refractivity contribution in [3.63, 3.8) is 0 Å². The van der Waals surface area contributed by atoms with Crippen LogP contribution in [0, 0.1) is 12.7 Å². The van der Waals surface area contributed by atoms with Gasteiger partial charge < -0.3 is 9.88 Å². The third-order valence-corrected chi connectivity index (χ3v) is 7.30. The highest BCUT2D eigenvalue weighted by Crippen LogP contribution is 2.36. The minimum absolute atomic E-state index is 0.146. The minimum atomic E-state index is -0.284. The van der Waals surface area contributed by atoms with E-state index in [1.165, 1.54) is 23.9 Å². The van der Waals surface area contributed by atoms with Gasteiger partial charge in [-0.3, -0.25) is 4.79 Å². The fourth-order valence-corrected chi connectivity index (χ4v) is 5.27. The molecule has 1 aromatic heterocycles. The second-order valence-corrected chi connectivity index (χ2v) is 10.2. The van der Waals surface area contributed by atoms with Crippen molar-refractivity contribution in [1.82, 2.24) is 9.55 Å². The largest absolute Gasteiger partial charge is 0.324 e. The van der Waals surface area contributed by atoms with E-state index in [-0.39, 0.29) is 17.5 Å². The molecule has 38 heavy (non-hydrogen) atoms. The number of aromatic nitrogens is 2. The second kappa shape index (κ2) is 11.7. The molecule has 1 heterocycles. The number of carbonyl (C=O) groups is 1. The summed E-state index contributed by atoms with van der Waals surface area (Å²) in [6, 6.07) is 32.0. The molecule has 0 saturated carbocycles. The minimum Gasteiger partial charge on any atom is -0.324 e. The SMILES string of the molecule is Cc1ccc(NC(=O)CSc2nc(-c3ccccc3)c(-c3ccccc3)n2Cc2ccc(F)cc2)c(Cl)c1. The number of rotatable bonds is 8. The topological polar surface area (TPSA) is 46.9 Å². The molecule has 7 heteroatoms. The van der Waals surface area contributed by atoms with Crippen LogP contribution in [0.15, 0.2) is 108 Å². The van der Waals surface area contributed by atoms with Gasteiger partial charge in [0.25, 0.3) is 0 Å². The van der Waals surface area contributed by atoms with Crippen LogP contribution in [0.4, 0.5) is 10.1 Å². The number of hydrogen-bond donors (Lipinski definition) is 1. The zero-order valence-corrected chi connectivity index (χ0v) is 22.3. The number of thioether (sulfide) groups is 1. The Morgan fingerprint density at radius 3 is 2.24 bits per heavy atom. The maximum Gasteiger partial charge on any atom is 0.234 e. The molecule has 0 atom stereocenters. The monoisotopic (exact) mass is 541 g/mol. The summed E-state index contributed by atoms with van der Waals surface area (Å²) in [6.07, 6.45) is 0. The first-order chi connectivity index (χ1) is 18.5. The molecule has 5 aromatic rings. The number of aryl methyl sites for hydroxylation is 1. The number of hydrogen-bond acceptors (Lipinski definition) is 3. The summed E-state index contributed by atoms with van der Waals surface area (Å²) in [5, 5.41) is 4.09. The quantitative estimate of drug-likeness (QED) is 0.202. The van der Waals surface area contributed by atoms with E-state index in [0.717, 1.165) is 33.6 Å². The number of anilines is 1. The second-order valence-electron chi connectivity index (χ2n) is 8.86. The van der Waals surface area contributed by atoms with E-state index in [4.69, 9.17) is 16.6 Å². The van der Waals surface area contributed by atoms with Gasteiger partial charge in [0, 0.05) is 11.1 Å². The Kier molecular flexibility index (Phi) is 7.91. The van der Waals surface area contributed by atoms with Gasteiger partial charge in [-0.2, -0.15) is 0 Å². The van der Waals surface area contributed by atoms with Crippen molar-refractivity contribution in [2.24, 2.45) is 0 Å². The average Bonchev–Trinajstić information content (AvgIpc) is 3.29. The molecular formula is C31H25ClFN3OS. The molecule has 0 radical (unpaired) electrons. The predicted octanol–water partition coefficient (Wildman–Crippen LogP) is 8.10. The summed E-state index contributed by atoms with van der Waals surface area (Å²) in [7, 11) is 0. The lowest BCUT2D eigenvalue weighted by atomic mass is 10.0. The highest BCUT2D eigenvalue weighted by atomic mass is 35.5. The van der Waals surface area contributed by atoms with Crippen LogP contribution in [0.5, 0.6) is 0 Å². The zero-order valence-electron chi connectivity index (χ0n) is 20.7. The smallest absolute Gasteiger partial charge is 0.234 e. The molecule has 0 unspecified atom stereocenters. The van der Waals surface area contributed by atoms with Crippen LogP contribution in [0.1, 0.15) is 11.1 Å². The first kappa shape index (κ1) is 25.8. The van der Waals surface area contributed by atoms with Crippen molar-refractivity contribution in [2.45, 2.75) is 18.6 Å². The Morgan fingerprint density at radius 2 is 1.58 bits per heavy atom. The Bertz CT molecular complexity index is 1550. The Labute approximate surface area is 230 Å². The van der Waals surface area contributed by atoms with Crippen molar-refractivity contribution < 1.29 is 9.18 Å². The molecule has 0 spiro atoms. The van der Waals surface area contributed by atoms with E-state index >= 15 is 0 Å². The molecule has 4 aromatic carbocycles. The Balaban J connectivity index is 1.53. The molecule has 0 fully saturated rings. The number of carbonyl (C=O) groups excluding carboxylic acids is 1. The number of amides is 1. The molecule has 0 aliphatic carbocycles. The molecule has 1 N–H and O–H groups in total. The lowest BCUT2D eigenvalue weighted by molar-refractivity contribution is -0.113. The normalized spacial score (nSPS) is 10.9. The molecule has 4 nitrogen and oxygen atoms in total. The molecular weight excluding hydrogens is 517 g/mol. The first-order valence-electron chi connectivity index (χ1n) is 12.1. The van der Waals surface area contributed by atoms with E-state index in [1.807, 2.05) is 79.7 Å². The van der Waals surface area contributed by atoms with Gasteiger partial charge in [-0.15, -0.1) is 0 Å². The molecule has 0 aliphatic rings. The number of benzene rings is 4. The Hall–Kier alpha value is -3.87. The van der Waals surface area contributed by atoms with Gasteiger partial charge in [0.1, 0.15) is 5.82 Å². The van der Waals surface area contributed by atoms with Crippen LogP contribution in [-0.2, 0) is 11.3 Å². The van der Waals surface area contributed by atoms with Crippen molar-refractivity contribution in [3.8, 4) is 22.5 Å². The fraction of sp³-hybridized carbons (Fsp3) is 0.0968. The van der Waals surface area contributed by atoms with Crippen LogP contribution in [0.3, 0.4) is 0 Å². The summed E-state index contributed by atoms with van der Waals surface area (Å²) < 4.78 is 15.7.